The van der Waals surface area contributed by atoms with Crippen molar-refractivity contribution in [3.05, 3.63) is 18.0 Å². The second kappa shape index (κ2) is 7.68. The summed E-state index contributed by atoms with van der Waals surface area (Å²) in [6.45, 7) is 0. The first-order chi connectivity index (χ1) is 10.3. The van der Waals surface area contributed by atoms with Crippen LogP contribution < -0.4 is 5.32 Å². The normalized spacial score (nSPS) is 22.1. The largest absolute Gasteiger partial charge is 0.316 e. The molecule has 0 aliphatic heterocycles. The van der Waals surface area contributed by atoms with E-state index < -0.39 is 0 Å². The average Bonchev–Trinajstić information content (AvgIpc) is 3.24. The fourth-order valence-electron chi connectivity index (χ4n) is 3.66. The van der Waals surface area contributed by atoms with E-state index in [0.717, 1.165) is 11.7 Å². The van der Waals surface area contributed by atoms with Crippen LogP contribution in [0.3, 0.4) is 0 Å². The molecule has 2 aliphatic rings. The standard InChI is InChI=1S/C17H29N3S/c1-18-15(13-21-17-8-4-5-9-17)12-14-10-11-20(19-14)16-6-2-3-7-16/h10-11,15-18H,2-9,12-13H2,1H3. The van der Waals surface area contributed by atoms with Crippen molar-refractivity contribution in [3.8, 4) is 0 Å². The van der Waals surface area contributed by atoms with Gasteiger partial charge in [0.05, 0.1) is 11.7 Å². The van der Waals surface area contributed by atoms with Gasteiger partial charge in [0, 0.05) is 29.7 Å². The second-order valence-corrected chi connectivity index (χ2v) is 7.99. The first kappa shape index (κ1) is 15.4. The summed E-state index contributed by atoms with van der Waals surface area (Å²) in [5.74, 6) is 1.22. The maximum absolute atomic E-state index is 4.83. The summed E-state index contributed by atoms with van der Waals surface area (Å²) in [5.41, 5.74) is 1.26. The Morgan fingerprint density at radius 1 is 1.24 bits per heavy atom. The van der Waals surface area contributed by atoms with E-state index >= 15 is 0 Å². The van der Waals surface area contributed by atoms with Crippen LogP contribution in [0.25, 0.3) is 0 Å². The van der Waals surface area contributed by atoms with Gasteiger partial charge in [-0.15, -0.1) is 0 Å². The Balaban J connectivity index is 1.48. The fourth-order valence-corrected chi connectivity index (χ4v) is 5.12. The summed E-state index contributed by atoms with van der Waals surface area (Å²) >= 11 is 2.17. The van der Waals surface area contributed by atoms with E-state index in [-0.39, 0.29) is 0 Å². The molecule has 0 aromatic carbocycles. The highest BCUT2D eigenvalue weighted by molar-refractivity contribution is 7.99. The second-order valence-electron chi connectivity index (χ2n) is 6.65. The molecule has 3 rings (SSSR count). The minimum absolute atomic E-state index is 0.558. The zero-order valence-corrected chi connectivity index (χ0v) is 14.1. The molecule has 0 spiro atoms. The average molecular weight is 308 g/mol. The Kier molecular flexibility index (Phi) is 5.64. The van der Waals surface area contributed by atoms with Gasteiger partial charge in [-0.1, -0.05) is 25.7 Å². The maximum atomic E-state index is 4.83. The minimum atomic E-state index is 0.558. The summed E-state index contributed by atoms with van der Waals surface area (Å²) in [6.07, 6.45) is 14.4. The number of hydrogen-bond acceptors (Lipinski definition) is 3. The predicted molar refractivity (Wildman–Crippen MR) is 91.0 cm³/mol. The zero-order valence-electron chi connectivity index (χ0n) is 13.3. The van der Waals surface area contributed by atoms with Gasteiger partial charge in [-0.25, -0.2) is 0 Å². The van der Waals surface area contributed by atoms with Crippen LogP contribution in [-0.4, -0.2) is 33.9 Å². The molecule has 0 amide bonds. The van der Waals surface area contributed by atoms with E-state index in [1.54, 1.807) is 0 Å². The van der Waals surface area contributed by atoms with Crippen molar-refractivity contribution in [3.63, 3.8) is 0 Å². The quantitative estimate of drug-likeness (QED) is 0.831. The van der Waals surface area contributed by atoms with Gasteiger partial charge in [-0.05, 0) is 38.8 Å². The van der Waals surface area contributed by atoms with Gasteiger partial charge in [0.2, 0.25) is 0 Å². The molecular weight excluding hydrogens is 278 g/mol. The van der Waals surface area contributed by atoms with Crippen molar-refractivity contribution in [2.75, 3.05) is 12.8 Å². The molecular formula is C17H29N3S. The third-order valence-corrected chi connectivity index (χ3v) is 6.60. The molecule has 1 aromatic rings. The third kappa shape index (κ3) is 4.26. The number of hydrogen-bond donors (Lipinski definition) is 1. The van der Waals surface area contributed by atoms with Crippen LogP contribution in [0.5, 0.6) is 0 Å². The van der Waals surface area contributed by atoms with Crippen molar-refractivity contribution in [1.29, 1.82) is 0 Å². The number of thioether (sulfide) groups is 1. The number of rotatable bonds is 7. The molecule has 3 nitrogen and oxygen atoms in total. The summed E-state index contributed by atoms with van der Waals surface area (Å²) in [4.78, 5) is 0. The molecule has 1 atom stereocenters. The van der Waals surface area contributed by atoms with Crippen LogP contribution in [0.2, 0.25) is 0 Å². The molecule has 21 heavy (non-hydrogen) atoms. The van der Waals surface area contributed by atoms with Crippen molar-refractivity contribution in [1.82, 2.24) is 15.1 Å². The van der Waals surface area contributed by atoms with E-state index in [0.29, 0.717) is 12.1 Å². The number of aromatic nitrogens is 2. The molecule has 1 N–H and O–H groups in total. The van der Waals surface area contributed by atoms with Gasteiger partial charge >= 0.3 is 0 Å². The first-order valence-corrected chi connectivity index (χ1v) is 9.73. The number of nitrogens with one attached hydrogen (secondary N) is 1. The Hall–Kier alpha value is -0.480. The number of likely N-dealkylation sites (N-methyl/N-ethyl adjacent to an activating group) is 1. The zero-order chi connectivity index (χ0) is 14.5. The molecule has 0 radical (unpaired) electrons. The molecule has 2 saturated carbocycles. The lowest BCUT2D eigenvalue weighted by atomic mass is 10.2. The van der Waals surface area contributed by atoms with Crippen LogP contribution >= 0.6 is 11.8 Å². The highest BCUT2D eigenvalue weighted by atomic mass is 32.2. The van der Waals surface area contributed by atoms with Crippen LogP contribution in [0.4, 0.5) is 0 Å². The Labute approximate surface area is 133 Å². The van der Waals surface area contributed by atoms with Gasteiger partial charge in [0.1, 0.15) is 0 Å². The first-order valence-electron chi connectivity index (χ1n) is 8.68. The van der Waals surface area contributed by atoms with Crippen molar-refractivity contribution >= 4 is 11.8 Å². The van der Waals surface area contributed by atoms with E-state index in [1.807, 2.05) is 0 Å². The summed E-state index contributed by atoms with van der Waals surface area (Å²) in [6, 6.07) is 3.45. The SMILES string of the molecule is CNC(CSC1CCCC1)Cc1ccn(C2CCCC2)n1. The lowest BCUT2D eigenvalue weighted by Crippen LogP contribution is -2.31. The highest BCUT2D eigenvalue weighted by Gasteiger charge is 2.20. The molecule has 1 heterocycles. The molecule has 1 aromatic heterocycles. The monoisotopic (exact) mass is 307 g/mol. The van der Waals surface area contributed by atoms with Gasteiger partial charge in [0.25, 0.3) is 0 Å². The van der Waals surface area contributed by atoms with Crippen molar-refractivity contribution in [2.24, 2.45) is 0 Å². The molecule has 2 fully saturated rings. The molecule has 4 heteroatoms. The summed E-state index contributed by atoms with van der Waals surface area (Å²) in [7, 11) is 2.09. The van der Waals surface area contributed by atoms with E-state index in [4.69, 9.17) is 5.10 Å². The lowest BCUT2D eigenvalue weighted by molar-refractivity contribution is 0.460. The molecule has 2 aliphatic carbocycles. The molecule has 1 unspecified atom stereocenters. The molecule has 0 saturated heterocycles. The lowest BCUT2D eigenvalue weighted by Gasteiger charge is -2.17. The van der Waals surface area contributed by atoms with Gasteiger partial charge in [-0.3, -0.25) is 4.68 Å². The molecule has 118 valence electrons. The molecule has 0 bridgehead atoms. The summed E-state index contributed by atoms with van der Waals surface area (Å²) in [5, 5.41) is 9.22. The third-order valence-electron chi connectivity index (χ3n) is 5.06. The minimum Gasteiger partial charge on any atom is -0.316 e. The van der Waals surface area contributed by atoms with Gasteiger partial charge in [-0.2, -0.15) is 16.9 Å². The van der Waals surface area contributed by atoms with Gasteiger partial charge < -0.3 is 5.32 Å². The van der Waals surface area contributed by atoms with Gasteiger partial charge in [0.15, 0.2) is 0 Å². The van der Waals surface area contributed by atoms with Crippen molar-refractivity contribution in [2.45, 2.75) is 75.1 Å². The van der Waals surface area contributed by atoms with E-state index in [2.05, 4.69) is 41.1 Å². The number of nitrogens with zero attached hydrogens (tertiary/aromatic N) is 2. The fraction of sp³-hybridized carbons (Fsp3) is 0.824. The smallest absolute Gasteiger partial charge is 0.0640 e. The predicted octanol–water partition coefficient (Wildman–Crippen LogP) is 3.80. The van der Waals surface area contributed by atoms with Crippen molar-refractivity contribution < 1.29 is 0 Å². The maximum Gasteiger partial charge on any atom is 0.0640 e. The van der Waals surface area contributed by atoms with Crippen LogP contribution in [0.1, 0.15) is 63.1 Å². The van der Waals surface area contributed by atoms with E-state index in [1.165, 1.54) is 62.8 Å². The topological polar surface area (TPSA) is 29.9 Å². The van der Waals surface area contributed by atoms with Crippen LogP contribution in [0, 0.1) is 0 Å². The van der Waals surface area contributed by atoms with Crippen LogP contribution in [0.15, 0.2) is 12.3 Å². The van der Waals surface area contributed by atoms with Crippen LogP contribution in [-0.2, 0) is 6.42 Å². The highest BCUT2D eigenvalue weighted by Crippen LogP contribution is 2.30. The Morgan fingerprint density at radius 2 is 1.95 bits per heavy atom. The van der Waals surface area contributed by atoms with E-state index in [9.17, 15) is 0 Å². The Bertz CT molecular complexity index is 419. The summed E-state index contributed by atoms with van der Waals surface area (Å²) < 4.78 is 2.22. The Morgan fingerprint density at radius 3 is 2.67 bits per heavy atom.